The lowest BCUT2D eigenvalue weighted by atomic mass is 9.81. The monoisotopic (exact) mass is 383 g/mol. The number of carbonyl (C=O) groups is 3. The van der Waals surface area contributed by atoms with Gasteiger partial charge in [0.25, 0.3) is 5.91 Å². The van der Waals surface area contributed by atoms with Crippen molar-refractivity contribution >= 4 is 28.8 Å². The minimum atomic E-state index is -0.764. The van der Waals surface area contributed by atoms with E-state index in [1.807, 2.05) is 37.3 Å². The second-order valence-electron chi connectivity index (χ2n) is 7.80. The number of benzene rings is 1. The maximum absolute atomic E-state index is 13.0. The summed E-state index contributed by atoms with van der Waals surface area (Å²) < 4.78 is 5.78. The van der Waals surface area contributed by atoms with Gasteiger partial charge < -0.3 is 14.6 Å². The van der Waals surface area contributed by atoms with Gasteiger partial charge in [-0.1, -0.05) is 37.5 Å². The number of hydrogen-bond acceptors (Lipinski definition) is 4. The fourth-order valence-electron chi connectivity index (χ4n) is 4.39. The summed E-state index contributed by atoms with van der Waals surface area (Å²) >= 11 is 0. The lowest BCUT2D eigenvalue weighted by Crippen LogP contribution is -2.49. The van der Waals surface area contributed by atoms with Crippen molar-refractivity contribution in [1.29, 1.82) is 0 Å². The van der Waals surface area contributed by atoms with E-state index in [-0.39, 0.29) is 24.4 Å². The zero-order chi connectivity index (χ0) is 19.9. The molecule has 2 fully saturated rings. The number of nitrogens with one attached hydrogen (secondary N) is 1. The Labute approximate surface area is 163 Å². The van der Waals surface area contributed by atoms with E-state index in [1.165, 1.54) is 4.90 Å². The Morgan fingerprint density at radius 3 is 2.64 bits per heavy atom. The van der Waals surface area contributed by atoms with Crippen LogP contribution < -0.4 is 5.32 Å². The summed E-state index contributed by atoms with van der Waals surface area (Å²) in [4.78, 5) is 40.8. The van der Waals surface area contributed by atoms with Crippen molar-refractivity contribution < 1.29 is 18.8 Å². The van der Waals surface area contributed by atoms with Crippen molar-refractivity contribution in [2.45, 2.75) is 50.6 Å². The summed E-state index contributed by atoms with van der Waals surface area (Å²) in [5, 5.41) is 3.80. The molecular weight excluding hydrogens is 358 g/mol. The van der Waals surface area contributed by atoms with E-state index in [0.29, 0.717) is 18.6 Å². The molecule has 1 saturated carbocycles. The van der Waals surface area contributed by atoms with E-state index in [9.17, 15) is 14.4 Å². The Morgan fingerprint density at radius 2 is 1.93 bits per heavy atom. The quantitative estimate of drug-likeness (QED) is 0.822. The molecule has 0 bridgehead atoms. The van der Waals surface area contributed by atoms with Gasteiger partial charge in [-0.15, -0.1) is 0 Å². The molecule has 1 N–H and O–H groups in total. The Hall–Kier alpha value is -2.83. The molecule has 1 spiro atoms. The summed E-state index contributed by atoms with van der Waals surface area (Å²) in [5.41, 5.74) is -0.00988. The van der Waals surface area contributed by atoms with Crippen molar-refractivity contribution in [3.63, 3.8) is 0 Å². The fraction of sp³-hybridized carbons (Fsp3) is 0.476. The van der Waals surface area contributed by atoms with Crippen molar-refractivity contribution in [2.75, 3.05) is 13.6 Å². The van der Waals surface area contributed by atoms with Crippen LogP contribution in [0.3, 0.4) is 0 Å². The number of para-hydroxylation sites is 1. The van der Waals surface area contributed by atoms with Crippen molar-refractivity contribution in [1.82, 2.24) is 15.1 Å². The third-order valence-corrected chi connectivity index (χ3v) is 6.03. The third kappa shape index (κ3) is 2.95. The topological polar surface area (TPSA) is 82.9 Å². The van der Waals surface area contributed by atoms with E-state index in [0.717, 1.165) is 35.1 Å². The van der Waals surface area contributed by atoms with Gasteiger partial charge in [-0.25, -0.2) is 4.79 Å². The summed E-state index contributed by atoms with van der Waals surface area (Å²) in [5.74, 6) is 0.0108. The average molecular weight is 383 g/mol. The first kappa shape index (κ1) is 18.5. The third-order valence-electron chi connectivity index (χ3n) is 6.03. The average Bonchev–Trinajstić information content (AvgIpc) is 3.20. The first-order valence-electron chi connectivity index (χ1n) is 9.80. The van der Waals surface area contributed by atoms with Crippen molar-refractivity contribution in [3.8, 4) is 0 Å². The zero-order valence-corrected chi connectivity index (χ0v) is 16.2. The van der Waals surface area contributed by atoms with Gasteiger partial charge in [-0.3, -0.25) is 14.5 Å². The minimum absolute atomic E-state index is 0.244. The predicted molar refractivity (Wildman–Crippen MR) is 103 cm³/mol. The van der Waals surface area contributed by atoms with E-state index < -0.39 is 11.6 Å². The van der Waals surface area contributed by atoms with Crippen LogP contribution in [0.25, 0.3) is 11.0 Å². The number of amides is 4. The van der Waals surface area contributed by atoms with Gasteiger partial charge in [-0.05, 0) is 31.9 Å². The van der Waals surface area contributed by atoms with Crippen molar-refractivity contribution in [3.05, 3.63) is 36.1 Å². The van der Waals surface area contributed by atoms with E-state index in [2.05, 4.69) is 5.32 Å². The predicted octanol–water partition coefficient (Wildman–Crippen LogP) is 3.21. The van der Waals surface area contributed by atoms with Crippen LogP contribution in [0.15, 0.2) is 34.7 Å². The van der Waals surface area contributed by atoms with Gasteiger partial charge in [0.05, 0.1) is 6.04 Å². The summed E-state index contributed by atoms with van der Waals surface area (Å²) in [6.45, 7) is 1.55. The van der Waals surface area contributed by atoms with Gasteiger partial charge in [0.1, 0.15) is 23.4 Å². The Morgan fingerprint density at radius 1 is 1.21 bits per heavy atom. The highest BCUT2D eigenvalue weighted by atomic mass is 16.3. The normalized spacial score (nSPS) is 20.2. The van der Waals surface area contributed by atoms with Crippen LogP contribution in [0.2, 0.25) is 0 Å². The van der Waals surface area contributed by atoms with E-state index in [1.54, 1.807) is 7.05 Å². The molecule has 1 aromatic carbocycles. The summed E-state index contributed by atoms with van der Waals surface area (Å²) in [6.07, 6.45) is 4.26. The number of carbonyl (C=O) groups excluding carboxylic acids is 3. The largest absolute Gasteiger partial charge is 0.459 e. The first-order chi connectivity index (χ1) is 13.4. The van der Waals surface area contributed by atoms with Crippen LogP contribution in [0.5, 0.6) is 0 Å². The molecule has 28 heavy (non-hydrogen) atoms. The van der Waals surface area contributed by atoms with E-state index in [4.69, 9.17) is 4.42 Å². The SMILES string of the molecule is C[C@@H](NC(=O)CN1C(=O)N(C)C2(CCCCC2)C1=O)c1cc2ccccc2o1. The molecule has 1 aliphatic carbocycles. The van der Waals surface area contributed by atoms with Crippen LogP contribution in [0, 0.1) is 0 Å². The number of furan rings is 1. The number of fused-ring (bicyclic) bond motifs is 1. The molecule has 148 valence electrons. The molecule has 7 heteroatoms. The number of hydrogen-bond donors (Lipinski definition) is 1. The maximum atomic E-state index is 13.0. The van der Waals surface area contributed by atoms with Crippen LogP contribution in [0.4, 0.5) is 4.79 Å². The van der Waals surface area contributed by atoms with Gasteiger partial charge in [0.2, 0.25) is 5.91 Å². The van der Waals surface area contributed by atoms with Gasteiger partial charge >= 0.3 is 6.03 Å². The van der Waals surface area contributed by atoms with E-state index >= 15 is 0 Å². The Bertz CT molecular complexity index is 896. The maximum Gasteiger partial charge on any atom is 0.327 e. The molecule has 2 heterocycles. The fourth-order valence-corrected chi connectivity index (χ4v) is 4.39. The molecule has 0 radical (unpaired) electrons. The molecule has 1 atom stereocenters. The van der Waals surface area contributed by atoms with Gasteiger partial charge in [0.15, 0.2) is 0 Å². The van der Waals surface area contributed by atoms with Gasteiger partial charge in [0, 0.05) is 12.4 Å². The van der Waals surface area contributed by atoms with Crippen molar-refractivity contribution in [2.24, 2.45) is 0 Å². The number of nitrogens with zero attached hydrogens (tertiary/aromatic N) is 2. The number of rotatable bonds is 4. The number of urea groups is 1. The second-order valence-corrected chi connectivity index (χ2v) is 7.80. The van der Waals surface area contributed by atoms with Crippen LogP contribution >= 0.6 is 0 Å². The minimum Gasteiger partial charge on any atom is -0.459 e. The Kier molecular flexibility index (Phi) is 4.61. The van der Waals surface area contributed by atoms with Crippen LogP contribution in [0.1, 0.15) is 50.8 Å². The molecule has 1 aromatic heterocycles. The highest BCUT2D eigenvalue weighted by molar-refractivity contribution is 6.09. The highest BCUT2D eigenvalue weighted by Gasteiger charge is 2.55. The van der Waals surface area contributed by atoms with Gasteiger partial charge in [-0.2, -0.15) is 0 Å². The zero-order valence-electron chi connectivity index (χ0n) is 16.2. The summed E-state index contributed by atoms with van der Waals surface area (Å²) in [6, 6.07) is 8.75. The standard InChI is InChI=1S/C21H25N3O4/c1-14(17-12-15-8-4-5-9-16(15)28-17)22-18(25)13-24-19(26)21(23(2)20(24)27)10-6-3-7-11-21/h4-5,8-9,12,14H,3,6-7,10-11,13H2,1-2H3,(H,22,25)/t14-/m1/s1. The molecule has 0 unspecified atom stereocenters. The first-order valence-corrected chi connectivity index (χ1v) is 9.80. The molecule has 4 rings (SSSR count). The molecule has 2 aliphatic rings. The number of likely N-dealkylation sites (N-methyl/N-ethyl adjacent to an activating group) is 1. The lowest BCUT2D eigenvalue weighted by molar-refractivity contribution is -0.137. The Balaban J connectivity index is 1.44. The second kappa shape index (κ2) is 6.96. The molecular formula is C21H25N3O4. The highest BCUT2D eigenvalue weighted by Crippen LogP contribution is 2.39. The van der Waals surface area contributed by atoms with Crippen LogP contribution in [-0.4, -0.2) is 46.8 Å². The molecule has 7 nitrogen and oxygen atoms in total. The summed E-state index contributed by atoms with van der Waals surface area (Å²) in [7, 11) is 1.67. The van der Waals surface area contributed by atoms with Crippen LogP contribution in [-0.2, 0) is 9.59 Å². The molecule has 2 aromatic rings. The molecule has 1 saturated heterocycles. The molecule has 1 aliphatic heterocycles. The lowest BCUT2D eigenvalue weighted by Gasteiger charge is -2.35. The number of imide groups is 1. The molecule has 4 amide bonds. The smallest absolute Gasteiger partial charge is 0.327 e.